The Kier molecular flexibility index (Phi) is 5.99. The van der Waals surface area contributed by atoms with Crippen molar-refractivity contribution in [2.45, 2.75) is 46.6 Å². The van der Waals surface area contributed by atoms with Crippen molar-refractivity contribution in [1.82, 2.24) is 9.97 Å². The molecule has 2 rings (SSSR count). The van der Waals surface area contributed by atoms with Crippen LogP contribution in [0.4, 0.5) is 11.6 Å². The van der Waals surface area contributed by atoms with Crippen LogP contribution in [0.25, 0.3) is 0 Å². The quantitative estimate of drug-likeness (QED) is 0.771. The molecule has 0 saturated heterocycles. The van der Waals surface area contributed by atoms with E-state index in [-0.39, 0.29) is 0 Å². The summed E-state index contributed by atoms with van der Waals surface area (Å²) in [4.78, 5) is 11.6. The molecule has 0 radical (unpaired) electrons. The summed E-state index contributed by atoms with van der Waals surface area (Å²) in [5.74, 6) is 1.91. The Balaban J connectivity index is 2.12. The molecule has 0 unspecified atom stereocenters. The lowest BCUT2D eigenvalue weighted by atomic mass is 10.1. The molecule has 21 heavy (non-hydrogen) atoms. The average Bonchev–Trinajstić information content (AvgIpc) is 2.96. The van der Waals surface area contributed by atoms with Crippen LogP contribution in [0.3, 0.4) is 0 Å². The van der Waals surface area contributed by atoms with Crippen molar-refractivity contribution in [2.24, 2.45) is 0 Å². The predicted octanol–water partition coefficient (Wildman–Crippen LogP) is 4.10. The molecule has 0 aromatic carbocycles. The van der Waals surface area contributed by atoms with E-state index >= 15 is 0 Å². The van der Waals surface area contributed by atoms with E-state index in [2.05, 4.69) is 53.5 Å². The van der Waals surface area contributed by atoms with Gasteiger partial charge < -0.3 is 10.6 Å². The molecule has 0 aliphatic carbocycles. The zero-order valence-electron chi connectivity index (χ0n) is 13.1. The highest BCUT2D eigenvalue weighted by molar-refractivity contribution is 7.12. The minimum absolute atomic E-state index is 0.823. The fourth-order valence-corrected chi connectivity index (χ4v) is 3.15. The van der Waals surface area contributed by atoms with Crippen LogP contribution in [0.1, 0.15) is 42.5 Å². The van der Waals surface area contributed by atoms with E-state index in [0.29, 0.717) is 0 Å². The van der Waals surface area contributed by atoms with Gasteiger partial charge in [-0.05, 0) is 31.9 Å². The van der Waals surface area contributed by atoms with E-state index in [1.165, 1.54) is 15.3 Å². The van der Waals surface area contributed by atoms with E-state index in [1.807, 2.05) is 11.3 Å². The number of aromatic nitrogens is 2. The van der Waals surface area contributed by atoms with E-state index < -0.39 is 0 Å². The van der Waals surface area contributed by atoms with Crippen LogP contribution in [-0.2, 0) is 19.4 Å². The summed E-state index contributed by atoms with van der Waals surface area (Å²) in [6.45, 7) is 8.15. The van der Waals surface area contributed by atoms with Crippen LogP contribution in [-0.4, -0.2) is 16.5 Å². The van der Waals surface area contributed by atoms with Crippen molar-refractivity contribution < 1.29 is 0 Å². The zero-order chi connectivity index (χ0) is 15.1. The molecule has 0 fully saturated rings. The molecule has 0 saturated carbocycles. The number of nitrogens with one attached hydrogen (secondary N) is 2. The summed E-state index contributed by atoms with van der Waals surface area (Å²) in [6, 6.07) is 4.40. The summed E-state index contributed by atoms with van der Waals surface area (Å²) >= 11 is 1.86. The van der Waals surface area contributed by atoms with Crippen molar-refractivity contribution in [1.29, 1.82) is 0 Å². The second-order valence-electron chi connectivity index (χ2n) is 4.90. The Morgan fingerprint density at radius 1 is 1.00 bits per heavy atom. The molecule has 0 amide bonds. The van der Waals surface area contributed by atoms with Gasteiger partial charge in [0.15, 0.2) is 0 Å². The largest absolute Gasteiger partial charge is 0.370 e. The highest BCUT2D eigenvalue weighted by Crippen LogP contribution is 2.23. The van der Waals surface area contributed by atoms with Crippen LogP contribution >= 0.6 is 11.3 Å². The van der Waals surface area contributed by atoms with Gasteiger partial charge in [-0.2, -0.15) is 0 Å². The molecule has 114 valence electrons. The molecule has 0 aliphatic rings. The molecule has 0 aliphatic heterocycles. The summed E-state index contributed by atoms with van der Waals surface area (Å²) in [6.07, 6.45) is 4.80. The number of anilines is 2. The number of nitrogens with zero attached hydrogens (tertiary/aromatic N) is 2. The maximum Gasteiger partial charge on any atom is 0.135 e. The third-order valence-electron chi connectivity index (χ3n) is 3.29. The zero-order valence-corrected chi connectivity index (χ0v) is 13.9. The molecule has 2 aromatic rings. The Bertz CT molecular complexity index is 565. The van der Waals surface area contributed by atoms with Gasteiger partial charge in [0, 0.05) is 21.9 Å². The highest BCUT2D eigenvalue weighted by atomic mass is 32.1. The molecular weight excluding hydrogens is 280 g/mol. The van der Waals surface area contributed by atoms with Crippen molar-refractivity contribution in [3.63, 3.8) is 0 Å². The molecular formula is C16H24N4S. The van der Waals surface area contributed by atoms with Gasteiger partial charge in [-0.15, -0.1) is 11.3 Å². The summed E-state index contributed by atoms with van der Waals surface area (Å²) in [5.41, 5.74) is 1.19. The molecule has 5 heteroatoms. The monoisotopic (exact) mass is 304 g/mol. The summed E-state index contributed by atoms with van der Waals surface area (Å²) in [7, 11) is 0. The molecule has 2 N–H and O–H groups in total. The molecule has 0 spiro atoms. The van der Waals surface area contributed by atoms with E-state index in [4.69, 9.17) is 0 Å². The van der Waals surface area contributed by atoms with E-state index in [1.54, 1.807) is 6.33 Å². The normalized spacial score (nSPS) is 10.6. The Morgan fingerprint density at radius 3 is 2.33 bits per heavy atom. The fourth-order valence-electron chi connectivity index (χ4n) is 2.25. The smallest absolute Gasteiger partial charge is 0.135 e. The first-order valence-corrected chi connectivity index (χ1v) is 8.49. The Morgan fingerprint density at radius 2 is 1.71 bits per heavy atom. The van der Waals surface area contributed by atoms with Gasteiger partial charge in [0.25, 0.3) is 0 Å². The van der Waals surface area contributed by atoms with Gasteiger partial charge in [0.2, 0.25) is 0 Å². The lowest BCUT2D eigenvalue weighted by Gasteiger charge is -2.14. The minimum Gasteiger partial charge on any atom is -0.370 e. The number of hydrogen-bond donors (Lipinski definition) is 2. The summed E-state index contributed by atoms with van der Waals surface area (Å²) in [5, 5.41) is 6.79. The Hall–Kier alpha value is -1.62. The highest BCUT2D eigenvalue weighted by Gasteiger charge is 2.10. The SMILES string of the molecule is CCCc1c(NCC)ncnc1NCc1ccc(CC)s1. The van der Waals surface area contributed by atoms with Gasteiger partial charge in [0.05, 0.1) is 6.54 Å². The minimum atomic E-state index is 0.823. The Labute approximate surface area is 131 Å². The van der Waals surface area contributed by atoms with Crippen molar-refractivity contribution in [2.75, 3.05) is 17.2 Å². The predicted molar refractivity (Wildman–Crippen MR) is 91.2 cm³/mol. The van der Waals surface area contributed by atoms with Crippen molar-refractivity contribution in [3.05, 3.63) is 33.8 Å². The van der Waals surface area contributed by atoms with E-state index in [9.17, 15) is 0 Å². The third-order valence-corrected chi connectivity index (χ3v) is 4.51. The maximum absolute atomic E-state index is 4.42. The van der Waals surface area contributed by atoms with E-state index in [0.717, 1.165) is 44.0 Å². The van der Waals surface area contributed by atoms with Crippen LogP contribution in [0.15, 0.2) is 18.5 Å². The number of rotatable bonds is 8. The molecule has 0 bridgehead atoms. The van der Waals surface area contributed by atoms with Crippen molar-refractivity contribution >= 4 is 23.0 Å². The van der Waals surface area contributed by atoms with Gasteiger partial charge >= 0.3 is 0 Å². The standard InChI is InChI=1S/C16H24N4S/c1-4-7-14-15(17-6-3)19-11-20-16(14)18-10-13-9-8-12(5-2)21-13/h8-9,11H,4-7,10H2,1-3H3,(H2,17,18,19,20). The molecule has 0 atom stereocenters. The molecule has 2 heterocycles. The van der Waals surface area contributed by atoms with Crippen LogP contribution in [0, 0.1) is 0 Å². The van der Waals surface area contributed by atoms with Gasteiger partial charge in [-0.1, -0.05) is 20.3 Å². The topological polar surface area (TPSA) is 49.8 Å². The average molecular weight is 304 g/mol. The number of hydrogen-bond acceptors (Lipinski definition) is 5. The summed E-state index contributed by atoms with van der Waals surface area (Å²) < 4.78 is 0. The molecule has 2 aromatic heterocycles. The lowest BCUT2D eigenvalue weighted by molar-refractivity contribution is 0.896. The van der Waals surface area contributed by atoms with Gasteiger partial charge in [0.1, 0.15) is 18.0 Å². The first kappa shape index (κ1) is 15.8. The maximum atomic E-state index is 4.42. The first-order chi connectivity index (χ1) is 10.3. The number of aryl methyl sites for hydroxylation is 1. The number of thiophene rings is 1. The van der Waals surface area contributed by atoms with Crippen LogP contribution in [0.5, 0.6) is 0 Å². The van der Waals surface area contributed by atoms with Crippen LogP contribution in [0.2, 0.25) is 0 Å². The third kappa shape index (κ3) is 4.17. The van der Waals surface area contributed by atoms with Gasteiger partial charge in [-0.3, -0.25) is 0 Å². The van der Waals surface area contributed by atoms with Crippen LogP contribution < -0.4 is 10.6 Å². The lowest BCUT2D eigenvalue weighted by Crippen LogP contribution is -2.09. The fraction of sp³-hybridized carbons (Fsp3) is 0.500. The molecule has 4 nitrogen and oxygen atoms in total. The second-order valence-corrected chi connectivity index (χ2v) is 6.16. The second kappa shape index (κ2) is 7.98. The van der Waals surface area contributed by atoms with Gasteiger partial charge in [-0.25, -0.2) is 9.97 Å². The van der Waals surface area contributed by atoms with Crippen molar-refractivity contribution in [3.8, 4) is 0 Å². The first-order valence-electron chi connectivity index (χ1n) is 7.67.